The fourth-order valence-corrected chi connectivity index (χ4v) is 4.39. The van der Waals surface area contributed by atoms with Gasteiger partial charge in [-0.3, -0.25) is 9.59 Å². The van der Waals surface area contributed by atoms with E-state index in [1.807, 2.05) is 44.2 Å². The van der Waals surface area contributed by atoms with Crippen LogP contribution in [-0.4, -0.2) is 41.7 Å². The van der Waals surface area contributed by atoms with E-state index in [9.17, 15) is 9.59 Å². The van der Waals surface area contributed by atoms with Crippen LogP contribution >= 0.6 is 35.0 Å². The summed E-state index contributed by atoms with van der Waals surface area (Å²) >= 11 is 13.6. The first-order valence-electron chi connectivity index (χ1n) is 9.95. The van der Waals surface area contributed by atoms with Crippen LogP contribution in [0.3, 0.4) is 0 Å². The Hall–Kier alpha value is -1.89. The normalized spacial score (nSPS) is 11.8. The number of thioether (sulfide) groups is 1. The minimum Gasteiger partial charge on any atom is -0.497 e. The number of hydrogen-bond acceptors (Lipinski definition) is 4. The zero-order valence-electron chi connectivity index (χ0n) is 18.2. The minimum atomic E-state index is -0.610. The third kappa shape index (κ3) is 7.95. The first-order valence-corrected chi connectivity index (χ1v) is 11.9. The zero-order valence-corrected chi connectivity index (χ0v) is 20.5. The summed E-state index contributed by atoms with van der Waals surface area (Å²) in [4.78, 5) is 27.3. The Balaban J connectivity index is 2.11. The molecule has 0 unspecified atom stereocenters. The molecule has 0 aliphatic rings. The number of methoxy groups -OCH3 is 1. The van der Waals surface area contributed by atoms with E-state index in [1.165, 1.54) is 11.8 Å². The molecule has 0 aromatic heterocycles. The SMILES string of the molecule is COc1cccc(CN(C(=O)CSCc2ccc(Cl)cc2Cl)[C@H](C)C(=O)NC(C)C)c1. The summed E-state index contributed by atoms with van der Waals surface area (Å²) in [6.45, 7) is 5.84. The highest BCUT2D eigenvalue weighted by Crippen LogP contribution is 2.25. The molecule has 2 amide bonds. The Morgan fingerprint density at radius 3 is 2.52 bits per heavy atom. The molecule has 31 heavy (non-hydrogen) atoms. The van der Waals surface area contributed by atoms with Gasteiger partial charge in [0.15, 0.2) is 0 Å². The largest absolute Gasteiger partial charge is 0.497 e. The molecule has 0 bridgehead atoms. The van der Waals surface area contributed by atoms with Crippen molar-refractivity contribution in [3.05, 3.63) is 63.6 Å². The standard InChI is InChI=1S/C23H28Cl2N2O3S/c1-15(2)26-23(29)16(3)27(12-17-6-5-7-20(10-17)30-4)22(28)14-31-13-18-8-9-19(24)11-21(18)25/h5-11,15-16H,12-14H2,1-4H3,(H,26,29)/t16-/m1/s1. The third-order valence-corrected chi connectivity index (χ3v) is 6.14. The molecule has 0 saturated heterocycles. The number of ether oxygens (including phenoxy) is 1. The van der Waals surface area contributed by atoms with Crippen LogP contribution in [-0.2, 0) is 21.9 Å². The predicted molar refractivity (Wildman–Crippen MR) is 129 cm³/mol. The van der Waals surface area contributed by atoms with Gasteiger partial charge < -0.3 is 15.0 Å². The topological polar surface area (TPSA) is 58.6 Å². The maximum Gasteiger partial charge on any atom is 0.242 e. The van der Waals surface area contributed by atoms with Gasteiger partial charge in [-0.25, -0.2) is 0 Å². The molecular weight excluding hydrogens is 455 g/mol. The van der Waals surface area contributed by atoms with E-state index >= 15 is 0 Å². The third-order valence-electron chi connectivity index (χ3n) is 4.58. The molecule has 0 radical (unpaired) electrons. The van der Waals surface area contributed by atoms with Crippen LogP contribution in [0.15, 0.2) is 42.5 Å². The number of rotatable bonds is 10. The van der Waals surface area contributed by atoms with E-state index in [2.05, 4.69) is 5.32 Å². The molecule has 8 heteroatoms. The molecule has 2 aromatic rings. The summed E-state index contributed by atoms with van der Waals surface area (Å²) in [5.74, 6) is 1.20. The second kappa shape index (κ2) is 12.2. The second-order valence-electron chi connectivity index (χ2n) is 7.44. The van der Waals surface area contributed by atoms with Gasteiger partial charge in [-0.1, -0.05) is 41.4 Å². The van der Waals surface area contributed by atoms with Crippen molar-refractivity contribution in [2.75, 3.05) is 12.9 Å². The molecular formula is C23H28Cl2N2O3S. The molecule has 2 rings (SSSR count). The number of nitrogens with one attached hydrogen (secondary N) is 1. The summed E-state index contributed by atoms with van der Waals surface area (Å²) in [7, 11) is 1.60. The van der Waals surface area contributed by atoms with Gasteiger partial charge in [0, 0.05) is 28.4 Å². The summed E-state index contributed by atoms with van der Waals surface area (Å²) < 4.78 is 5.28. The van der Waals surface area contributed by atoms with Crippen molar-refractivity contribution >= 4 is 46.8 Å². The number of amides is 2. The monoisotopic (exact) mass is 482 g/mol. The highest BCUT2D eigenvalue weighted by Gasteiger charge is 2.26. The van der Waals surface area contributed by atoms with Crippen molar-refractivity contribution in [2.24, 2.45) is 0 Å². The van der Waals surface area contributed by atoms with Gasteiger partial charge in [0.2, 0.25) is 11.8 Å². The number of nitrogens with zero attached hydrogens (tertiary/aromatic N) is 1. The molecule has 1 atom stereocenters. The summed E-state index contributed by atoms with van der Waals surface area (Å²) in [6, 6.07) is 12.2. The number of hydrogen-bond donors (Lipinski definition) is 1. The summed E-state index contributed by atoms with van der Waals surface area (Å²) in [5, 5.41) is 4.03. The van der Waals surface area contributed by atoms with Gasteiger partial charge >= 0.3 is 0 Å². The van der Waals surface area contributed by atoms with Crippen molar-refractivity contribution in [1.82, 2.24) is 10.2 Å². The fourth-order valence-electron chi connectivity index (χ4n) is 2.93. The molecule has 0 saturated carbocycles. The molecule has 0 aliphatic heterocycles. The lowest BCUT2D eigenvalue weighted by Gasteiger charge is -2.29. The number of carbonyl (C=O) groups is 2. The van der Waals surface area contributed by atoms with Gasteiger partial charge in [-0.05, 0) is 56.2 Å². The Labute approximate surface area is 198 Å². The van der Waals surface area contributed by atoms with Crippen LogP contribution in [0, 0.1) is 0 Å². The van der Waals surface area contributed by atoms with Crippen LogP contribution in [0.1, 0.15) is 31.9 Å². The van der Waals surface area contributed by atoms with E-state index in [0.717, 1.165) is 11.1 Å². The van der Waals surface area contributed by atoms with E-state index in [0.29, 0.717) is 28.1 Å². The van der Waals surface area contributed by atoms with Gasteiger partial charge in [-0.15, -0.1) is 11.8 Å². The molecule has 0 aliphatic carbocycles. The van der Waals surface area contributed by atoms with E-state index in [4.69, 9.17) is 27.9 Å². The number of halogens is 2. The molecule has 168 valence electrons. The fraction of sp³-hybridized carbons (Fsp3) is 0.391. The Morgan fingerprint density at radius 2 is 1.87 bits per heavy atom. The van der Waals surface area contributed by atoms with Crippen molar-refractivity contribution in [3.63, 3.8) is 0 Å². The molecule has 2 aromatic carbocycles. The molecule has 0 spiro atoms. The lowest BCUT2D eigenvalue weighted by molar-refractivity contribution is -0.138. The maximum atomic E-state index is 13.1. The average molecular weight is 483 g/mol. The highest BCUT2D eigenvalue weighted by atomic mass is 35.5. The lowest BCUT2D eigenvalue weighted by atomic mass is 10.1. The van der Waals surface area contributed by atoms with Crippen molar-refractivity contribution < 1.29 is 14.3 Å². The van der Waals surface area contributed by atoms with Gasteiger partial charge in [0.1, 0.15) is 11.8 Å². The van der Waals surface area contributed by atoms with Crippen LogP contribution in [0.5, 0.6) is 5.75 Å². The van der Waals surface area contributed by atoms with Crippen LogP contribution in [0.2, 0.25) is 10.0 Å². The molecule has 1 N–H and O–H groups in total. The smallest absolute Gasteiger partial charge is 0.242 e. The Bertz CT molecular complexity index is 908. The van der Waals surface area contributed by atoms with Gasteiger partial charge in [-0.2, -0.15) is 0 Å². The van der Waals surface area contributed by atoms with Crippen LogP contribution in [0.4, 0.5) is 0 Å². The maximum absolute atomic E-state index is 13.1. The quantitative estimate of drug-likeness (QED) is 0.506. The summed E-state index contributed by atoms with van der Waals surface area (Å²) in [5.41, 5.74) is 1.80. The van der Waals surface area contributed by atoms with Gasteiger partial charge in [0.25, 0.3) is 0 Å². The number of benzene rings is 2. The molecule has 0 heterocycles. The summed E-state index contributed by atoms with van der Waals surface area (Å²) in [6.07, 6.45) is 0. The van der Waals surface area contributed by atoms with Crippen molar-refractivity contribution in [3.8, 4) is 5.75 Å². The van der Waals surface area contributed by atoms with Crippen molar-refractivity contribution in [2.45, 2.75) is 45.2 Å². The predicted octanol–water partition coefficient (Wildman–Crippen LogP) is 5.18. The first kappa shape index (κ1) is 25.4. The first-order chi connectivity index (χ1) is 14.7. The van der Waals surface area contributed by atoms with E-state index in [1.54, 1.807) is 31.1 Å². The van der Waals surface area contributed by atoms with Crippen LogP contribution in [0.25, 0.3) is 0 Å². The highest BCUT2D eigenvalue weighted by molar-refractivity contribution is 7.99. The van der Waals surface area contributed by atoms with Crippen LogP contribution < -0.4 is 10.1 Å². The van der Waals surface area contributed by atoms with Gasteiger partial charge in [0.05, 0.1) is 12.9 Å². The second-order valence-corrected chi connectivity index (χ2v) is 9.27. The molecule has 5 nitrogen and oxygen atoms in total. The zero-order chi connectivity index (χ0) is 23.0. The lowest BCUT2D eigenvalue weighted by Crippen LogP contribution is -2.49. The van der Waals surface area contributed by atoms with Crippen molar-refractivity contribution in [1.29, 1.82) is 0 Å². The Morgan fingerprint density at radius 1 is 1.13 bits per heavy atom. The van der Waals surface area contributed by atoms with E-state index < -0.39 is 6.04 Å². The minimum absolute atomic E-state index is 0.00913. The Kier molecular flexibility index (Phi) is 10.0. The number of carbonyl (C=O) groups excluding carboxylic acids is 2. The average Bonchev–Trinajstić information content (AvgIpc) is 2.72. The van der Waals surface area contributed by atoms with E-state index in [-0.39, 0.29) is 23.6 Å². The molecule has 0 fully saturated rings.